The molecule has 222 valence electrons. The Balaban J connectivity index is 1.40. The van der Waals surface area contributed by atoms with Crippen molar-refractivity contribution in [1.29, 1.82) is 0 Å². The average Bonchev–Trinajstić information content (AvgIpc) is 3.36. The van der Waals surface area contributed by atoms with E-state index in [1.807, 2.05) is 13.0 Å². The van der Waals surface area contributed by atoms with E-state index in [1.165, 1.54) is 24.8 Å². The number of hydrogen-bond donors (Lipinski definition) is 3. The number of fused-ring (bicyclic) bond motifs is 1. The predicted molar refractivity (Wildman–Crippen MR) is 152 cm³/mol. The van der Waals surface area contributed by atoms with Gasteiger partial charge in [-0.1, -0.05) is 6.92 Å². The van der Waals surface area contributed by atoms with Gasteiger partial charge in [-0.05, 0) is 48.4 Å². The Bertz CT molecular complexity index is 1530. The number of benzene rings is 1. The number of anilines is 2. The molecule has 0 unspecified atom stereocenters. The maximum absolute atomic E-state index is 15.0. The van der Waals surface area contributed by atoms with Crippen molar-refractivity contribution in [1.82, 2.24) is 24.9 Å². The van der Waals surface area contributed by atoms with E-state index < -0.39 is 17.7 Å². The van der Waals surface area contributed by atoms with Crippen molar-refractivity contribution in [2.75, 3.05) is 32.8 Å². The highest BCUT2D eigenvalue weighted by Crippen LogP contribution is 2.39. The number of alkyl carbamates (subject to hydrolysis) is 1. The molecule has 1 saturated carbocycles. The highest BCUT2D eigenvalue weighted by atomic mass is 19.1. The number of nitrogens with zero attached hydrogens (tertiary/aromatic N) is 4. The molecule has 4 atom stereocenters. The van der Waals surface area contributed by atoms with Crippen LogP contribution in [0.25, 0.3) is 16.8 Å². The molecule has 5 rings (SSSR count). The molecule has 4 aromatic rings. The van der Waals surface area contributed by atoms with Crippen LogP contribution in [0.1, 0.15) is 31.2 Å². The number of rotatable bonds is 9. The van der Waals surface area contributed by atoms with Gasteiger partial charge in [0.05, 0.1) is 48.6 Å². The topological polar surface area (TPSA) is 138 Å². The summed E-state index contributed by atoms with van der Waals surface area (Å²) in [6.45, 7) is 2.50. The van der Waals surface area contributed by atoms with Gasteiger partial charge in [0.1, 0.15) is 24.0 Å². The molecule has 3 heterocycles. The van der Waals surface area contributed by atoms with Crippen LogP contribution in [0, 0.1) is 17.6 Å². The van der Waals surface area contributed by atoms with Crippen molar-refractivity contribution in [3.8, 4) is 17.0 Å². The van der Waals surface area contributed by atoms with Gasteiger partial charge in [0.15, 0.2) is 0 Å². The average molecular weight is 582 g/mol. The lowest BCUT2D eigenvalue weighted by atomic mass is 9.73. The molecule has 0 spiro atoms. The summed E-state index contributed by atoms with van der Waals surface area (Å²) in [6.07, 6.45) is 5.91. The first kappa shape index (κ1) is 29.1. The molecular weight excluding hydrogens is 548 g/mol. The predicted octanol–water partition coefficient (Wildman–Crippen LogP) is 4.40. The molecule has 1 aliphatic carbocycles. The third kappa shape index (κ3) is 6.11. The van der Waals surface area contributed by atoms with Crippen molar-refractivity contribution < 1.29 is 27.8 Å². The zero-order chi connectivity index (χ0) is 29.8. The van der Waals surface area contributed by atoms with Crippen LogP contribution in [0.15, 0.2) is 48.9 Å². The summed E-state index contributed by atoms with van der Waals surface area (Å²) >= 11 is 0. The Morgan fingerprint density at radius 1 is 1.12 bits per heavy atom. The minimum Gasteiger partial charge on any atom is -0.491 e. The largest absolute Gasteiger partial charge is 0.491 e. The van der Waals surface area contributed by atoms with Gasteiger partial charge < -0.3 is 30.6 Å². The number of hydrogen-bond acceptors (Lipinski definition) is 9. The molecule has 42 heavy (non-hydrogen) atoms. The lowest BCUT2D eigenvalue weighted by Gasteiger charge is -2.39. The molecule has 4 N–H and O–H groups in total. The highest BCUT2D eigenvalue weighted by Gasteiger charge is 2.36. The van der Waals surface area contributed by atoms with E-state index in [-0.39, 0.29) is 54.1 Å². The maximum Gasteiger partial charge on any atom is 0.407 e. The van der Waals surface area contributed by atoms with Gasteiger partial charge >= 0.3 is 6.09 Å². The minimum atomic E-state index is -0.804. The first-order valence-electron chi connectivity index (χ1n) is 13.6. The summed E-state index contributed by atoms with van der Waals surface area (Å²) in [5, 5.41) is 10.6. The van der Waals surface area contributed by atoms with E-state index >= 15 is 8.78 Å². The molecule has 11 nitrogen and oxygen atoms in total. The van der Waals surface area contributed by atoms with Crippen LogP contribution in [0.5, 0.6) is 5.75 Å². The summed E-state index contributed by atoms with van der Waals surface area (Å²) < 4.78 is 46.6. The SMILES string of the molecule is COCCOc1cc(F)c(-c2ccc3cnc(Nc4cnccc4[C@H]4C[C@@H](N)[C@@H](NC(=O)OC)[C@@H](C)C4)n3n2)c(F)c1. The number of pyridine rings is 1. The van der Waals surface area contributed by atoms with Crippen molar-refractivity contribution >= 4 is 23.2 Å². The van der Waals surface area contributed by atoms with Crippen LogP contribution in [-0.4, -0.2) is 65.2 Å². The second-order valence-electron chi connectivity index (χ2n) is 10.3. The van der Waals surface area contributed by atoms with Gasteiger partial charge in [-0.3, -0.25) is 4.98 Å². The molecular formula is C29H33F2N7O4. The zero-order valence-corrected chi connectivity index (χ0v) is 23.5. The number of aromatic nitrogens is 4. The number of carbonyl (C=O) groups excluding carboxylic acids is 1. The minimum absolute atomic E-state index is 0.0603. The van der Waals surface area contributed by atoms with E-state index in [9.17, 15) is 4.79 Å². The summed E-state index contributed by atoms with van der Waals surface area (Å²) in [5.41, 5.74) is 8.61. The van der Waals surface area contributed by atoms with E-state index in [1.54, 1.807) is 24.7 Å². The number of imidazole rings is 1. The number of ether oxygens (including phenoxy) is 3. The monoisotopic (exact) mass is 581 g/mol. The number of nitrogens with two attached hydrogens (primary N) is 1. The molecule has 1 fully saturated rings. The van der Waals surface area contributed by atoms with Gasteiger partial charge in [0, 0.05) is 37.5 Å². The van der Waals surface area contributed by atoms with E-state index in [0.29, 0.717) is 23.6 Å². The summed E-state index contributed by atoms with van der Waals surface area (Å²) in [6, 6.07) is 6.90. The fraction of sp³-hybridized carbons (Fsp3) is 0.379. The van der Waals surface area contributed by atoms with E-state index in [2.05, 4.69) is 25.7 Å². The quantitative estimate of drug-likeness (QED) is 0.246. The van der Waals surface area contributed by atoms with Crippen molar-refractivity contribution in [3.63, 3.8) is 0 Å². The Morgan fingerprint density at radius 2 is 1.90 bits per heavy atom. The maximum atomic E-state index is 15.0. The third-order valence-electron chi connectivity index (χ3n) is 7.51. The molecule has 0 radical (unpaired) electrons. The fourth-order valence-electron chi connectivity index (χ4n) is 5.50. The van der Waals surface area contributed by atoms with E-state index in [0.717, 1.165) is 24.1 Å². The van der Waals surface area contributed by atoms with Crippen molar-refractivity contribution in [3.05, 3.63) is 66.1 Å². The Hall–Kier alpha value is -4.36. The third-order valence-corrected chi connectivity index (χ3v) is 7.51. The number of nitrogens with one attached hydrogen (secondary N) is 2. The van der Waals surface area contributed by atoms with Gasteiger partial charge in [-0.2, -0.15) is 9.61 Å². The first-order valence-corrected chi connectivity index (χ1v) is 13.6. The van der Waals surface area contributed by atoms with Crippen LogP contribution in [0.4, 0.5) is 25.2 Å². The lowest BCUT2D eigenvalue weighted by Crippen LogP contribution is -2.54. The second kappa shape index (κ2) is 12.7. The van der Waals surface area contributed by atoms with Crippen LogP contribution in [0.3, 0.4) is 0 Å². The van der Waals surface area contributed by atoms with Crippen molar-refractivity contribution in [2.24, 2.45) is 11.7 Å². The molecule has 1 aromatic carbocycles. The zero-order valence-electron chi connectivity index (χ0n) is 23.5. The van der Waals surface area contributed by atoms with Crippen molar-refractivity contribution in [2.45, 2.75) is 37.8 Å². The molecule has 0 aliphatic heterocycles. The number of carbonyl (C=O) groups is 1. The van der Waals surface area contributed by atoms with Crippen LogP contribution < -0.4 is 21.1 Å². The van der Waals surface area contributed by atoms with Gasteiger partial charge in [-0.15, -0.1) is 0 Å². The van der Waals surface area contributed by atoms with Crippen LogP contribution in [-0.2, 0) is 9.47 Å². The van der Waals surface area contributed by atoms with E-state index in [4.69, 9.17) is 19.9 Å². The molecule has 1 aliphatic rings. The molecule has 0 saturated heterocycles. The van der Waals surface area contributed by atoms with Gasteiger partial charge in [-0.25, -0.2) is 18.6 Å². The van der Waals surface area contributed by atoms with Gasteiger partial charge in [0.2, 0.25) is 5.95 Å². The molecule has 3 aromatic heterocycles. The molecule has 1 amide bonds. The number of methoxy groups -OCH3 is 2. The second-order valence-corrected chi connectivity index (χ2v) is 10.3. The smallest absolute Gasteiger partial charge is 0.407 e. The Kier molecular flexibility index (Phi) is 8.78. The standard InChI is InChI=1S/C29H33F2N7O4/c1-16-10-17(11-23(32)27(16)36-29(39)41-3)20-6-7-33-15-25(20)35-28-34-14-18-4-5-24(37-38(18)28)26-21(30)12-19(13-22(26)31)42-9-8-40-2/h4-7,12-17,23,27H,8-11,32H2,1-3H3,(H,34,35)(H,36,39)/t16-,17+,23+,27-/m0/s1. The fourth-order valence-corrected chi connectivity index (χ4v) is 5.50. The lowest BCUT2D eigenvalue weighted by molar-refractivity contribution is 0.146. The summed E-state index contributed by atoms with van der Waals surface area (Å²) in [5.74, 6) is -1.03. The number of halogens is 2. The highest BCUT2D eigenvalue weighted by molar-refractivity contribution is 5.68. The Labute approximate surface area is 241 Å². The summed E-state index contributed by atoms with van der Waals surface area (Å²) in [7, 11) is 2.84. The molecule has 0 bridgehead atoms. The van der Waals surface area contributed by atoms with Crippen LogP contribution in [0.2, 0.25) is 0 Å². The van der Waals surface area contributed by atoms with Crippen LogP contribution >= 0.6 is 0 Å². The summed E-state index contributed by atoms with van der Waals surface area (Å²) in [4.78, 5) is 20.5. The normalized spacial score (nSPS) is 20.3. The molecule has 13 heteroatoms. The number of amides is 1. The first-order chi connectivity index (χ1) is 20.3. The van der Waals surface area contributed by atoms with Gasteiger partial charge in [0.25, 0.3) is 0 Å². The Morgan fingerprint density at radius 3 is 2.62 bits per heavy atom.